The minimum atomic E-state index is 0.209. The number of fused-ring (bicyclic) bond motifs is 1. The quantitative estimate of drug-likeness (QED) is 0.794. The van der Waals surface area contributed by atoms with Crippen LogP contribution in [0.25, 0.3) is 0 Å². The lowest BCUT2D eigenvalue weighted by atomic mass is 10.1. The van der Waals surface area contributed by atoms with Gasteiger partial charge in [0, 0.05) is 23.9 Å². The largest absolute Gasteiger partial charge is 0.309 e. The fourth-order valence-corrected chi connectivity index (χ4v) is 2.97. The van der Waals surface area contributed by atoms with Gasteiger partial charge in [0.2, 0.25) is 5.91 Å². The molecular weight excluding hydrogens is 260 g/mol. The molecule has 1 aliphatic heterocycles. The number of nitrogens with zero attached hydrogens (tertiary/aromatic N) is 2. The summed E-state index contributed by atoms with van der Waals surface area (Å²) in [5.41, 5.74) is 3.60. The van der Waals surface area contributed by atoms with Crippen molar-refractivity contribution < 1.29 is 9.36 Å². The van der Waals surface area contributed by atoms with Crippen molar-refractivity contribution in [2.24, 2.45) is 0 Å². The SMILES string of the molecule is Cc1cc[n+](CCC(=O)N2c3ccccc3CC2C)cc1. The lowest BCUT2D eigenvalue weighted by Crippen LogP contribution is -2.40. The lowest BCUT2D eigenvalue weighted by molar-refractivity contribution is -0.695. The van der Waals surface area contributed by atoms with E-state index in [0.29, 0.717) is 6.42 Å². The van der Waals surface area contributed by atoms with Gasteiger partial charge in [0.05, 0.1) is 6.42 Å². The van der Waals surface area contributed by atoms with E-state index in [1.54, 1.807) is 0 Å². The number of carbonyl (C=O) groups excluding carboxylic acids is 1. The molecule has 0 saturated heterocycles. The minimum absolute atomic E-state index is 0.209. The summed E-state index contributed by atoms with van der Waals surface area (Å²) >= 11 is 0. The Morgan fingerprint density at radius 2 is 1.95 bits per heavy atom. The molecule has 0 N–H and O–H groups in total. The maximum atomic E-state index is 12.6. The highest BCUT2D eigenvalue weighted by atomic mass is 16.2. The zero-order chi connectivity index (χ0) is 14.8. The van der Waals surface area contributed by atoms with Crippen LogP contribution >= 0.6 is 0 Å². The molecule has 1 unspecified atom stereocenters. The number of para-hydroxylation sites is 1. The number of aryl methyl sites for hydroxylation is 2. The van der Waals surface area contributed by atoms with Gasteiger partial charge in [0.1, 0.15) is 0 Å². The average molecular weight is 281 g/mol. The molecule has 3 nitrogen and oxygen atoms in total. The van der Waals surface area contributed by atoms with Gasteiger partial charge >= 0.3 is 0 Å². The number of anilines is 1. The van der Waals surface area contributed by atoms with Crippen molar-refractivity contribution in [1.82, 2.24) is 0 Å². The predicted octanol–water partition coefficient (Wildman–Crippen LogP) is 2.65. The van der Waals surface area contributed by atoms with Crippen molar-refractivity contribution in [1.29, 1.82) is 0 Å². The molecule has 0 fully saturated rings. The number of amides is 1. The first-order valence-electron chi connectivity index (χ1n) is 7.51. The Balaban J connectivity index is 1.70. The second-order valence-corrected chi connectivity index (χ2v) is 5.81. The summed E-state index contributed by atoms with van der Waals surface area (Å²) in [7, 11) is 0. The molecule has 1 aromatic heterocycles. The fourth-order valence-electron chi connectivity index (χ4n) is 2.97. The molecule has 1 amide bonds. The topological polar surface area (TPSA) is 24.2 Å². The van der Waals surface area contributed by atoms with E-state index < -0.39 is 0 Å². The summed E-state index contributed by atoms with van der Waals surface area (Å²) in [6.45, 7) is 4.92. The van der Waals surface area contributed by atoms with Gasteiger partial charge in [-0.15, -0.1) is 0 Å². The first kappa shape index (κ1) is 13.8. The van der Waals surface area contributed by atoms with Gasteiger partial charge in [-0.25, -0.2) is 4.57 Å². The van der Waals surface area contributed by atoms with Crippen LogP contribution in [-0.4, -0.2) is 11.9 Å². The van der Waals surface area contributed by atoms with Gasteiger partial charge in [-0.3, -0.25) is 4.79 Å². The average Bonchev–Trinajstić information content (AvgIpc) is 2.82. The predicted molar refractivity (Wildman–Crippen MR) is 83.1 cm³/mol. The van der Waals surface area contributed by atoms with Crippen LogP contribution < -0.4 is 9.47 Å². The van der Waals surface area contributed by atoms with E-state index >= 15 is 0 Å². The van der Waals surface area contributed by atoms with E-state index in [9.17, 15) is 4.79 Å². The normalized spacial score (nSPS) is 16.9. The molecule has 2 heterocycles. The van der Waals surface area contributed by atoms with Crippen LogP contribution in [0.3, 0.4) is 0 Å². The molecule has 3 rings (SSSR count). The molecule has 1 atom stereocenters. The molecule has 0 aliphatic carbocycles. The summed E-state index contributed by atoms with van der Waals surface area (Å²) in [4.78, 5) is 14.5. The molecule has 0 saturated carbocycles. The van der Waals surface area contributed by atoms with E-state index in [2.05, 4.69) is 42.7 Å². The van der Waals surface area contributed by atoms with E-state index in [4.69, 9.17) is 0 Å². The smallest absolute Gasteiger partial charge is 0.233 e. The molecule has 0 radical (unpaired) electrons. The molecule has 2 aromatic rings. The summed E-state index contributed by atoms with van der Waals surface area (Å²) in [6, 6.07) is 12.6. The summed E-state index contributed by atoms with van der Waals surface area (Å²) in [6.07, 6.45) is 5.56. The fraction of sp³-hybridized carbons (Fsp3) is 0.333. The maximum absolute atomic E-state index is 12.6. The highest BCUT2D eigenvalue weighted by Gasteiger charge is 2.30. The van der Waals surface area contributed by atoms with Crippen molar-refractivity contribution in [3.05, 3.63) is 59.9 Å². The minimum Gasteiger partial charge on any atom is -0.309 e. The number of aromatic nitrogens is 1. The van der Waals surface area contributed by atoms with Crippen LogP contribution in [0.5, 0.6) is 0 Å². The van der Waals surface area contributed by atoms with Crippen molar-refractivity contribution in [2.75, 3.05) is 4.90 Å². The number of hydrogen-bond acceptors (Lipinski definition) is 1. The number of benzene rings is 1. The van der Waals surface area contributed by atoms with E-state index in [0.717, 1.165) is 18.7 Å². The Labute approximate surface area is 125 Å². The van der Waals surface area contributed by atoms with Gasteiger partial charge < -0.3 is 4.90 Å². The molecule has 0 bridgehead atoms. The molecular formula is C18H21N2O+. The van der Waals surface area contributed by atoms with Gasteiger partial charge in [-0.2, -0.15) is 0 Å². The number of pyridine rings is 1. The van der Waals surface area contributed by atoms with Gasteiger partial charge in [0.15, 0.2) is 18.9 Å². The molecule has 3 heteroatoms. The Bertz CT molecular complexity index is 649. The number of hydrogen-bond donors (Lipinski definition) is 0. The molecule has 108 valence electrons. The van der Waals surface area contributed by atoms with Gasteiger partial charge in [-0.1, -0.05) is 18.2 Å². The highest BCUT2D eigenvalue weighted by molar-refractivity contribution is 5.96. The third-order valence-electron chi connectivity index (χ3n) is 4.12. The first-order chi connectivity index (χ1) is 10.1. The molecule has 21 heavy (non-hydrogen) atoms. The lowest BCUT2D eigenvalue weighted by Gasteiger charge is -2.22. The Hall–Kier alpha value is -2.16. The zero-order valence-corrected chi connectivity index (χ0v) is 12.6. The van der Waals surface area contributed by atoms with Crippen LogP contribution in [0.1, 0.15) is 24.5 Å². The summed E-state index contributed by atoms with van der Waals surface area (Å²) in [5, 5.41) is 0. The second kappa shape index (κ2) is 5.68. The molecule has 1 aromatic carbocycles. The number of rotatable bonds is 3. The van der Waals surface area contributed by atoms with Crippen LogP contribution in [0.2, 0.25) is 0 Å². The summed E-state index contributed by atoms with van der Waals surface area (Å²) < 4.78 is 2.07. The van der Waals surface area contributed by atoms with Gasteiger partial charge in [0.25, 0.3) is 0 Å². The first-order valence-corrected chi connectivity index (χ1v) is 7.51. The third kappa shape index (κ3) is 2.82. The van der Waals surface area contributed by atoms with Crippen LogP contribution in [0, 0.1) is 6.92 Å². The van der Waals surface area contributed by atoms with E-state index in [1.165, 1.54) is 11.1 Å². The Morgan fingerprint density at radius 1 is 1.24 bits per heavy atom. The second-order valence-electron chi connectivity index (χ2n) is 5.81. The van der Waals surface area contributed by atoms with Crippen molar-refractivity contribution in [3.8, 4) is 0 Å². The van der Waals surface area contributed by atoms with Crippen LogP contribution in [0.15, 0.2) is 48.8 Å². The summed E-state index contributed by atoms with van der Waals surface area (Å²) in [5.74, 6) is 0.209. The van der Waals surface area contributed by atoms with Crippen LogP contribution in [-0.2, 0) is 17.8 Å². The monoisotopic (exact) mass is 281 g/mol. The van der Waals surface area contributed by atoms with Gasteiger partial charge in [-0.05, 0) is 37.5 Å². The zero-order valence-electron chi connectivity index (χ0n) is 12.6. The molecule has 0 spiro atoms. The Morgan fingerprint density at radius 3 is 2.71 bits per heavy atom. The number of carbonyl (C=O) groups is 1. The van der Waals surface area contributed by atoms with Crippen LogP contribution in [0.4, 0.5) is 5.69 Å². The van der Waals surface area contributed by atoms with Crippen molar-refractivity contribution in [3.63, 3.8) is 0 Å². The van der Waals surface area contributed by atoms with E-state index in [-0.39, 0.29) is 11.9 Å². The standard InChI is InChI=1S/C18H21N2O/c1-14-7-10-19(11-8-14)12-9-18(21)20-15(2)13-16-5-3-4-6-17(16)20/h3-8,10-11,15H,9,12-13H2,1-2H3/q+1. The Kier molecular flexibility index (Phi) is 3.74. The van der Waals surface area contributed by atoms with Crippen molar-refractivity contribution >= 4 is 11.6 Å². The molecule has 1 aliphatic rings. The van der Waals surface area contributed by atoms with E-state index in [1.807, 2.05) is 29.4 Å². The third-order valence-corrected chi connectivity index (χ3v) is 4.12. The maximum Gasteiger partial charge on any atom is 0.233 e. The highest BCUT2D eigenvalue weighted by Crippen LogP contribution is 2.32. The van der Waals surface area contributed by atoms with Crippen molar-refractivity contribution in [2.45, 2.75) is 39.3 Å².